The van der Waals surface area contributed by atoms with Gasteiger partial charge in [-0.2, -0.15) is 0 Å². The van der Waals surface area contributed by atoms with Gasteiger partial charge in [0.2, 0.25) is 10.0 Å². The molecule has 1 fully saturated rings. The lowest BCUT2D eigenvalue weighted by atomic mass is 9.93. The quantitative estimate of drug-likeness (QED) is 0.797. The van der Waals surface area contributed by atoms with Gasteiger partial charge in [0.15, 0.2) is 0 Å². The van der Waals surface area contributed by atoms with Crippen LogP contribution in [-0.4, -0.2) is 38.9 Å². The molecule has 0 radical (unpaired) electrons. The Labute approximate surface area is 165 Å². The molecule has 0 atom stereocenters. The van der Waals surface area contributed by atoms with Gasteiger partial charge in [-0.05, 0) is 61.6 Å². The molecule has 0 saturated carbocycles. The first kappa shape index (κ1) is 19.9. The molecule has 144 valence electrons. The van der Waals surface area contributed by atoms with Crippen molar-refractivity contribution < 1.29 is 13.2 Å². The van der Waals surface area contributed by atoms with Crippen LogP contribution in [0.4, 0.5) is 0 Å². The molecule has 2 aromatic carbocycles. The molecule has 0 bridgehead atoms. The van der Waals surface area contributed by atoms with Crippen molar-refractivity contribution in [3.8, 4) is 0 Å². The molecule has 1 heterocycles. The van der Waals surface area contributed by atoms with E-state index in [1.165, 1.54) is 12.1 Å². The van der Waals surface area contributed by atoms with Gasteiger partial charge >= 0.3 is 0 Å². The van der Waals surface area contributed by atoms with Gasteiger partial charge in [0.05, 0.1) is 4.90 Å². The molecule has 0 unspecified atom stereocenters. The Balaban J connectivity index is 1.44. The molecule has 7 heteroatoms. The van der Waals surface area contributed by atoms with E-state index >= 15 is 0 Å². The molecule has 2 aromatic rings. The van der Waals surface area contributed by atoms with Crippen molar-refractivity contribution >= 4 is 27.5 Å². The first-order chi connectivity index (χ1) is 13.0. The Morgan fingerprint density at radius 2 is 1.67 bits per heavy atom. The highest BCUT2D eigenvalue weighted by molar-refractivity contribution is 7.89. The van der Waals surface area contributed by atoms with E-state index in [4.69, 9.17) is 11.6 Å². The molecule has 0 aliphatic carbocycles. The summed E-state index contributed by atoms with van der Waals surface area (Å²) in [7, 11) is -3.51. The maximum absolute atomic E-state index is 12.5. The number of hydrogen-bond donors (Lipinski definition) is 1. The topological polar surface area (TPSA) is 66.5 Å². The van der Waals surface area contributed by atoms with Crippen LogP contribution in [0.25, 0.3) is 0 Å². The average molecular weight is 407 g/mol. The van der Waals surface area contributed by atoms with E-state index in [9.17, 15) is 13.2 Å². The van der Waals surface area contributed by atoms with Crippen molar-refractivity contribution in [2.45, 2.75) is 24.2 Å². The lowest BCUT2D eigenvalue weighted by Gasteiger charge is -2.32. The number of amides is 1. The zero-order chi connectivity index (χ0) is 19.3. The first-order valence-electron chi connectivity index (χ1n) is 9.05. The molecule has 27 heavy (non-hydrogen) atoms. The van der Waals surface area contributed by atoms with Crippen LogP contribution in [0.5, 0.6) is 0 Å². The number of carbonyl (C=O) groups excluding carboxylic acids is 1. The van der Waals surface area contributed by atoms with Gasteiger partial charge in [0, 0.05) is 30.2 Å². The molecule has 1 aliphatic rings. The largest absolute Gasteiger partial charge is 0.339 e. The van der Waals surface area contributed by atoms with Crippen LogP contribution in [0.15, 0.2) is 59.5 Å². The number of hydrogen-bond acceptors (Lipinski definition) is 3. The lowest BCUT2D eigenvalue weighted by molar-refractivity contribution is 0.0687. The minimum absolute atomic E-state index is 0.0671. The molecule has 3 rings (SSSR count). The summed E-state index contributed by atoms with van der Waals surface area (Å²) < 4.78 is 27.2. The van der Waals surface area contributed by atoms with Crippen molar-refractivity contribution in [3.63, 3.8) is 0 Å². The number of piperidine rings is 1. The van der Waals surface area contributed by atoms with Gasteiger partial charge in [-0.15, -0.1) is 0 Å². The summed E-state index contributed by atoms with van der Waals surface area (Å²) in [5.41, 5.74) is 0.715. The Morgan fingerprint density at radius 3 is 2.30 bits per heavy atom. The second-order valence-electron chi connectivity index (χ2n) is 6.74. The third-order valence-corrected chi connectivity index (χ3v) is 6.62. The Morgan fingerprint density at radius 1 is 1.04 bits per heavy atom. The zero-order valence-corrected chi connectivity index (χ0v) is 16.5. The number of nitrogens with one attached hydrogen (secondary N) is 1. The minimum atomic E-state index is -3.51. The number of benzene rings is 2. The summed E-state index contributed by atoms with van der Waals surface area (Å²) in [5, 5.41) is 0.505. The Hall–Kier alpha value is -1.89. The fourth-order valence-corrected chi connectivity index (χ4v) is 4.46. The standard InChI is InChI=1S/C20H23ClN2O3S/c21-18-6-8-19(9-7-18)27(25,26)22-13-10-16-11-14-23(15-12-16)20(24)17-4-2-1-3-5-17/h1-9,16,22H,10-15H2. The molecule has 1 amide bonds. The van der Waals surface area contributed by atoms with E-state index in [0.29, 0.717) is 36.1 Å². The monoisotopic (exact) mass is 406 g/mol. The van der Waals surface area contributed by atoms with Crippen LogP contribution in [0, 0.1) is 5.92 Å². The Kier molecular flexibility index (Phi) is 6.52. The molecule has 1 N–H and O–H groups in total. The highest BCUT2D eigenvalue weighted by atomic mass is 35.5. The van der Waals surface area contributed by atoms with E-state index in [-0.39, 0.29) is 10.8 Å². The highest BCUT2D eigenvalue weighted by Crippen LogP contribution is 2.22. The van der Waals surface area contributed by atoms with Gasteiger partial charge in [-0.3, -0.25) is 4.79 Å². The SMILES string of the molecule is O=C(c1ccccc1)N1CCC(CCNS(=O)(=O)c2ccc(Cl)cc2)CC1. The third kappa shape index (κ3) is 5.31. The molecule has 0 spiro atoms. The molecular weight excluding hydrogens is 384 g/mol. The number of rotatable bonds is 6. The second-order valence-corrected chi connectivity index (χ2v) is 8.95. The molecule has 0 aromatic heterocycles. The summed E-state index contributed by atoms with van der Waals surface area (Å²) in [6, 6.07) is 15.4. The lowest BCUT2D eigenvalue weighted by Crippen LogP contribution is -2.39. The molecule has 5 nitrogen and oxygen atoms in total. The third-order valence-electron chi connectivity index (χ3n) is 4.89. The predicted molar refractivity (Wildman–Crippen MR) is 106 cm³/mol. The number of halogens is 1. The maximum atomic E-state index is 12.5. The maximum Gasteiger partial charge on any atom is 0.253 e. The summed E-state index contributed by atoms with van der Waals surface area (Å²) in [6.45, 7) is 1.81. The summed E-state index contributed by atoms with van der Waals surface area (Å²) in [4.78, 5) is 14.6. The average Bonchev–Trinajstić information content (AvgIpc) is 2.69. The summed E-state index contributed by atoms with van der Waals surface area (Å²) >= 11 is 5.80. The highest BCUT2D eigenvalue weighted by Gasteiger charge is 2.24. The van der Waals surface area contributed by atoms with Crippen LogP contribution >= 0.6 is 11.6 Å². The fourth-order valence-electron chi connectivity index (χ4n) is 3.28. The van der Waals surface area contributed by atoms with E-state index in [2.05, 4.69) is 4.72 Å². The van der Waals surface area contributed by atoms with Crippen molar-refractivity contribution in [1.82, 2.24) is 9.62 Å². The molecule has 1 saturated heterocycles. The van der Waals surface area contributed by atoms with Crippen molar-refractivity contribution in [2.24, 2.45) is 5.92 Å². The first-order valence-corrected chi connectivity index (χ1v) is 10.9. The second kappa shape index (κ2) is 8.87. The van der Waals surface area contributed by atoms with Crippen LogP contribution < -0.4 is 4.72 Å². The van der Waals surface area contributed by atoms with Gasteiger partial charge < -0.3 is 4.90 Å². The number of carbonyl (C=O) groups is 1. The van der Waals surface area contributed by atoms with Crippen LogP contribution in [-0.2, 0) is 10.0 Å². The van der Waals surface area contributed by atoms with Crippen molar-refractivity contribution in [3.05, 3.63) is 65.2 Å². The minimum Gasteiger partial charge on any atom is -0.339 e. The van der Waals surface area contributed by atoms with E-state index in [1.54, 1.807) is 12.1 Å². The Bertz CT molecular complexity index is 862. The van der Waals surface area contributed by atoms with Gasteiger partial charge in [0.1, 0.15) is 0 Å². The van der Waals surface area contributed by atoms with Crippen LogP contribution in [0.3, 0.4) is 0 Å². The van der Waals surface area contributed by atoms with Crippen LogP contribution in [0.2, 0.25) is 5.02 Å². The zero-order valence-electron chi connectivity index (χ0n) is 15.0. The summed E-state index contributed by atoms with van der Waals surface area (Å²) in [6.07, 6.45) is 2.54. The van der Waals surface area contributed by atoms with E-state index in [1.807, 2.05) is 35.2 Å². The normalized spacial score (nSPS) is 15.7. The van der Waals surface area contributed by atoms with E-state index in [0.717, 1.165) is 19.3 Å². The van der Waals surface area contributed by atoms with Crippen molar-refractivity contribution in [1.29, 1.82) is 0 Å². The smallest absolute Gasteiger partial charge is 0.253 e. The van der Waals surface area contributed by atoms with Crippen LogP contribution in [0.1, 0.15) is 29.6 Å². The summed E-state index contributed by atoms with van der Waals surface area (Å²) in [5.74, 6) is 0.482. The number of likely N-dealkylation sites (tertiary alicyclic amines) is 1. The fraction of sp³-hybridized carbons (Fsp3) is 0.350. The predicted octanol–water partition coefficient (Wildman–Crippen LogP) is 3.56. The molecule has 1 aliphatic heterocycles. The van der Waals surface area contributed by atoms with Gasteiger partial charge in [-0.25, -0.2) is 13.1 Å². The molecular formula is C20H23ClN2O3S. The van der Waals surface area contributed by atoms with Gasteiger partial charge in [0.25, 0.3) is 5.91 Å². The number of nitrogens with zero attached hydrogens (tertiary/aromatic N) is 1. The van der Waals surface area contributed by atoms with Crippen molar-refractivity contribution in [2.75, 3.05) is 19.6 Å². The van der Waals surface area contributed by atoms with Gasteiger partial charge in [-0.1, -0.05) is 29.8 Å². The number of sulfonamides is 1. The van der Waals surface area contributed by atoms with E-state index < -0.39 is 10.0 Å².